The Morgan fingerprint density at radius 1 is 1.21 bits per heavy atom. The van der Waals surface area contributed by atoms with E-state index in [1.807, 2.05) is 18.3 Å². The molecule has 2 aromatic rings. The van der Waals surface area contributed by atoms with E-state index in [0.717, 1.165) is 30.8 Å². The lowest BCUT2D eigenvalue weighted by Gasteiger charge is -2.15. The van der Waals surface area contributed by atoms with E-state index in [9.17, 15) is 4.79 Å². The van der Waals surface area contributed by atoms with Crippen LogP contribution in [0.5, 0.6) is 0 Å². The predicted octanol–water partition coefficient (Wildman–Crippen LogP) is 3.48. The Hall–Kier alpha value is -2.17. The molecule has 124 valence electrons. The third kappa shape index (κ3) is 3.50. The average Bonchev–Trinajstić information content (AvgIpc) is 2.62. The van der Waals surface area contributed by atoms with Crippen LogP contribution in [-0.2, 0) is 0 Å². The quantitative estimate of drug-likeness (QED) is 0.929. The number of pyridine rings is 1. The van der Waals surface area contributed by atoms with Gasteiger partial charge in [0, 0.05) is 32.4 Å². The predicted molar refractivity (Wildman–Crippen MR) is 98.2 cm³/mol. The molecule has 1 aliphatic heterocycles. The Bertz CT molecular complexity index is 799. The van der Waals surface area contributed by atoms with Crippen molar-refractivity contribution in [3.05, 3.63) is 58.8 Å². The summed E-state index contributed by atoms with van der Waals surface area (Å²) in [5, 5.41) is 3.76. The second kappa shape index (κ2) is 7.16. The number of hydrogen-bond donors (Lipinski definition) is 1. The van der Waals surface area contributed by atoms with Crippen LogP contribution in [0.1, 0.15) is 22.3 Å². The summed E-state index contributed by atoms with van der Waals surface area (Å²) < 4.78 is 0. The maximum Gasteiger partial charge on any atom is 0.254 e. The number of nitrogens with one attached hydrogen (secondary N) is 1. The number of rotatable bonds is 3. The van der Waals surface area contributed by atoms with Crippen molar-refractivity contribution in [2.75, 3.05) is 27.2 Å². The molecular weight excluding hydrogens is 322 g/mol. The van der Waals surface area contributed by atoms with Crippen molar-refractivity contribution in [3.63, 3.8) is 0 Å². The van der Waals surface area contributed by atoms with Gasteiger partial charge >= 0.3 is 0 Å². The Morgan fingerprint density at radius 3 is 2.71 bits per heavy atom. The number of halogens is 1. The van der Waals surface area contributed by atoms with Gasteiger partial charge in [0.2, 0.25) is 0 Å². The largest absolute Gasteiger partial charge is 0.345 e. The molecule has 0 fully saturated rings. The van der Waals surface area contributed by atoms with Gasteiger partial charge in [-0.2, -0.15) is 0 Å². The minimum atomic E-state index is -0.104. The van der Waals surface area contributed by atoms with Crippen LogP contribution >= 0.6 is 11.6 Å². The molecule has 1 aromatic heterocycles. The van der Waals surface area contributed by atoms with E-state index >= 15 is 0 Å². The van der Waals surface area contributed by atoms with Crippen LogP contribution in [0.4, 0.5) is 0 Å². The van der Waals surface area contributed by atoms with E-state index in [4.69, 9.17) is 11.6 Å². The van der Waals surface area contributed by atoms with Gasteiger partial charge in [-0.1, -0.05) is 23.7 Å². The zero-order valence-electron chi connectivity index (χ0n) is 13.8. The Labute approximate surface area is 147 Å². The highest BCUT2D eigenvalue weighted by Gasteiger charge is 2.14. The van der Waals surface area contributed by atoms with Crippen LogP contribution in [0, 0.1) is 0 Å². The van der Waals surface area contributed by atoms with Crippen molar-refractivity contribution in [3.8, 4) is 11.3 Å². The molecule has 1 N–H and O–H groups in total. The standard InChI is InChI=1S/C19H20ClN3O/c1-23(2)19(24)16-4-3-15(11-17(16)20)18-12-14(7-10-22-18)13-5-8-21-9-6-13/h3-5,7,10-12,21H,6,8-9H2,1-2H3. The van der Waals surface area contributed by atoms with E-state index < -0.39 is 0 Å². The van der Waals surface area contributed by atoms with Crippen LogP contribution in [0.25, 0.3) is 16.8 Å². The molecule has 1 aliphatic rings. The number of benzene rings is 1. The second-order valence-electron chi connectivity index (χ2n) is 6.01. The van der Waals surface area contributed by atoms with Gasteiger partial charge in [-0.3, -0.25) is 9.78 Å². The summed E-state index contributed by atoms with van der Waals surface area (Å²) in [6.45, 7) is 1.90. The maximum atomic E-state index is 12.1. The summed E-state index contributed by atoms with van der Waals surface area (Å²) in [6, 6.07) is 9.58. The first-order chi connectivity index (χ1) is 11.6. The summed E-state index contributed by atoms with van der Waals surface area (Å²) in [5.74, 6) is -0.104. The molecule has 1 aromatic carbocycles. The highest BCUT2D eigenvalue weighted by molar-refractivity contribution is 6.34. The number of amides is 1. The van der Waals surface area contributed by atoms with Gasteiger partial charge in [0.25, 0.3) is 5.91 Å². The van der Waals surface area contributed by atoms with Crippen molar-refractivity contribution in [2.24, 2.45) is 0 Å². The van der Waals surface area contributed by atoms with E-state index in [2.05, 4.69) is 22.4 Å². The number of carbonyl (C=O) groups excluding carboxylic acids is 1. The molecule has 0 atom stereocenters. The lowest BCUT2D eigenvalue weighted by Crippen LogP contribution is -2.21. The first-order valence-electron chi connectivity index (χ1n) is 7.94. The normalized spacial score (nSPS) is 14.2. The first-order valence-corrected chi connectivity index (χ1v) is 8.32. The third-order valence-corrected chi connectivity index (χ3v) is 4.41. The van der Waals surface area contributed by atoms with Gasteiger partial charge in [-0.15, -0.1) is 0 Å². The highest BCUT2D eigenvalue weighted by atomic mass is 35.5. The highest BCUT2D eigenvalue weighted by Crippen LogP contribution is 2.28. The van der Waals surface area contributed by atoms with E-state index in [-0.39, 0.29) is 5.91 Å². The van der Waals surface area contributed by atoms with E-state index in [0.29, 0.717) is 10.6 Å². The van der Waals surface area contributed by atoms with E-state index in [1.165, 1.54) is 16.0 Å². The third-order valence-electron chi connectivity index (χ3n) is 4.10. The number of carbonyl (C=O) groups is 1. The van der Waals surface area contributed by atoms with Gasteiger partial charge in [0.05, 0.1) is 16.3 Å². The number of nitrogens with zero attached hydrogens (tertiary/aromatic N) is 2. The van der Waals surface area contributed by atoms with Crippen molar-refractivity contribution in [2.45, 2.75) is 6.42 Å². The molecular formula is C19H20ClN3O. The molecule has 0 aliphatic carbocycles. The Kier molecular flexibility index (Phi) is 4.97. The van der Waals surface area contributed by atoms with Crippen LogP contribution < -0.4 is 5.32 Å². The Balaban J connectivity index is 1.93. The van der Waals surface area contributed by atoms with Gasteiger partial charge < -0.3 is 10.2 Å². The zero-order valence-corrected chi connectivity index (χ0v) is 14.6. The molecule has 0 radical (unpaired) electrons. The van der Waals surface area contributed by atoms with Gasteiger partial charge in [0.1, 0.15) is 0 Å². The molecule has 0 saturated heterocycles. The number of hydrogen-bond acceptors (Lipinski definition) is 3. The molecule has 0 bridgehead atoms. The molecule has 0 spiro atoms. The van der Waals surface area contributed by atoms with Crippen LogP contribution in [-0.4, -0.2) is 43.0 Å². The molecule has 3 rings (SSSR count). The molecule has 0 unspecified atom stereocenters. The second-order valence-corrected chi connectivity index (χ2v) is 6.41. The maximum absolute atomic E-state index is 12.1. The minimum Gasteiger partial charge on any atom is -0.345 e. The van der Waals surface area contributed by atoms with Crippen LogP contribution in [0.15, 0.2) is 42.6 Å². The van der Waals surface area contributed by atoms with Gasteiger partial charge in [0.15, 0.2) is 0 Å². The van der Waals surface area contributed by atoms with Crippen molar-refractivity contribution in [1.82, 2.24) is 15.2 Å². The summed E-state index contributed by atoms with van der Waals surface area (Å²) in [4.78, 5) is 18.1. The fourth-order valence-electron chi connectivity index (χ4n) is 2.76. The SMILES string of the molecule is CN(C)C(=O)c1ccc(-c2cc(C3=CCNCC3)ccn2)cc1Cl. The zero-order chi connectivity index (χ0) is 17.1. The molecule has 24 heavy (non-hydrogen) atoms. The van der Waals surface area contributed by atoms with Crippen LogP contribution in [0.3, 0.4) is 0 Å². The van der Waals surface area contributed by atoms with Crippen molar-refractivity contribution >= 4 is 23.1 Å². The van der Waals surface area contributed by atoms with Crippen LogP contribution in [0.2, 0.25) is 5.02 Å². The summed E-state index contributed by atoms with van der Waals surface area (Å²) in [5.41, 5.74) is 4.79. The molecule has 4 nitrogen and oxygen atoms in total. The summed E-state index contributed by atoms with van der Waals surface area (Å²) >= 11 is 6.31. The molecule has 2 heterocycles. The van der Waals surface area contributed by atoms with Crippen molar-refractivity contribution in [1.29, 1.82) is 0 Å². The Morgan fingerprint density at radius 2 is 2.04 bits per heavy atom. The fraction of sp³-hybridized carbons (Fsp3) is 0.263. The number of aromatic nitrogens is 1. The topological polar surface area (TPSA) is 45.2 Å². The molecule has 0 saturated carbocycles. The van der Waals surface area contributed by atoms with Gasteiger partial charge in [-0.25, -0.2) is 0 Å². The summed E-state index contributed by atoms with van der Waals surface area (Å²) in [6.07, 6.45) is 5.05. The smallest absolute Gasteiger partial charge is 0.254 e. The fourth-order valence-corrected chi connectivity index (χ4v) is 3.02. The summed E-state index contributed by atoms with van der Waals surface area (Å²) in [7, 11) is 3.43. The lowest BCUT2D eigenvalue weighted by molar-refractivity contribution is 0.0828. The minimum absolute atomic E-state index is 0.104. The average molecular weight is 342 g/mol. The molecule has 1 amide bonds. The van der Waals surface area contributed by atoms with Crippen molar-refractivity contribution < 1.29 is 4.79 Å². The molecule has 5 heteroatoms. The first kappa shape index (κ1) is 16.7. The van der Waals surface area contributed by atoms with E-state index in [1.54, 1.807) is 26.2 Å². The monoisotopic (exact) mass is 341 g/mol. The lowest BCUT2D eigenvalue weighted by atomic mass is 9.99. The van der Waals surface area contributed by atoms with Gasteiger partial charge in [-0.05, 0) is 48.4 Å².